The molecule has 0 spiro atoms. The van der Waals surface area contributed by atoms with Crippen LogP contribution in [0, 0.1) is 0 Å². The van der Waals surface area contributed by atoms with E-state index in [0.717, 1.165) is 12.1 Å². The lowest BCUT2D eigenvalue weighted by molar-refractivity contribution is -0.137. The van der Waals surface area contributed by atoms with Gasteiger partial charge in [0.2, 0.25) is 0 Å². The topological polar surface area (TPSA) is 59.9 Å². The van der Waals surface area contributed by atoms with Gasteiger partial charge >= 0.3 is 6.18 Å². The summed E-state index contributed by atoms with van der Waals surface area (Å²) in [4.78, 5) is 11.8. The van der Waals surface area contributed by atoms with E-state index in [2.05, 4.69) is 10.5 Å². The molecule has 0 aliphatic heterocycles. The lowest BCUT2D eigenvalue weighted by Crippen LogP contribution is -2.25. The number of hydrogen-bond acceptors (Lipinski definition) is 4. The van der Waals surface area contributed by atoms with Gasteiger partial charge in [0.25, 0.3) is 5.91 Å². The number of nitrogens with one attached hydrogen (secondary N) is 1. The molecule has 0 radical (unpaired) electrons. The van der Waals surface area contributed by atoms with Crippen molar-refractivity contribution in [2.45, 2.75) is 13.1 Å². The molecule has 1 N–H and O–H groups in total. The van der Waals surface area contributed by atoms with Gasteiger partial charge in [-0.3, -0.25) is 4.79 Å². The maximum atomic E-state index is 12.7. The van der Waals surface area contributed by atoms with Gasteiger partial charge in [0.05, 0.1) is 18.4 Å². The molecule has 26 heavy (non-hydrogen) atoms. The molecule has 8 heteroatoms. The number of methoxy groups -OCH3 is 1. The maximum Gasteiger partial charge on any atom is 0.416 e. The minimum absolute atomic E-state index is 0.244. The molecular formula is C18H17F3N2O3. The van der Waals surface area contributed by atoms with Crippen LogP contribution < -0.4 is 14.9 Å². The SMILES string of the molecule is COc1ccc(OCC(=O)NN=C(C)c2cccc(C(F)(F)F)c2)cc1. The molecule has 138 valence electrons. The van der Waals surface area contributed by atoms with Crippen molar-refractivity contribution >= 4 is 11.6 Å². The second-order valence-corrected chi connectivity index (χ2v) is 5.27. The second kappa shape index (κ2) is 8.37. The zero-order valence-corrected chi connectivity index (χ0v) is 14.1. The van der Waals surface area contributed by atoms with Crippen LogP contribution in [0.1, 0.15) is 18.1 Å². The van der Waals surface area contributed by atoms with Gasteiger partial charge in [-0.05, 0) is 48.9 Å². The summed E-state index contributed by atoms with van der Waals surface area (Å²) < 4.78 is 48.5. The Bertz CT molecular complexity index is 787. The smallest absolute Gasteiger partial charge is 0.416 e. The van der Waals surface area contributed by atoms with E-state index >= 15 is 0 Å². The van der Waals surface area contributed by atoms with Crippen LogP contribution in [0.3, 0.4) is 0 Å². The molecule has 1 amide bonds. The number of halogens is 3. The third-order valence-electron chi connectivity index (χ3n) is 3.39. The highest BCUT2D eigenvalue weighted by atomic mass is 19.4. The first-order chi connectivity index (χ1) is 12.3. The first-order valence-electron chi connectivity index (χ1n) is 7.57. The highest BCUT2D eigenvalue weighted by molar-refractivity contribution is 5.99. The van der Waals surface area contributed by atoms with Crippen molar-refractivity contribution in [3.8, 4) is 11.5 Å². The molecule has 2 aromatic carbocycles. The summed E-state index contributed by atoms with van der Waals surface area (Å²) in [6, 6.07) is 11.4. The summed E-state index contributed by atoms with van der Waals surface area (Å²) in [6.45, 7) is 1.21. The molecule has 2 aromatic rings. The molecule has 0 heterocycles. The van der Waals surface area contributed by atoms with Crippen molar-refractivity contribution in [2.24, 2.45) is 5.10 Å². The number of alkyl halides is 3. The lowest BCUT2D eigenvalue weighted by atomic mass is 10.1. The molecule has 0 aromatic heterocycles. The van der Waals surface area contributed by atoms with Gasteiger partial charge in [-0.2, -0.15) is 18.3 Å². The van der Waals surface area contributed by atoms with Gasteiger partial charge in [-0.25, -0.2) is 5.43 Å². The van der Waals surface area contributed by atoms with Gasteiger partial charge in [0.15, 0.2) is 6.61 Å². The van der Waals surface area contributed by atoms with Gasteiger partial charge in [-0.15, -0.1) is 0 Å². The molecule has 0 unspecified atom stereocenters. The van der Waals surface area contributed by atoms with Crippen molar-refractivity contribution in [2.75, 3.05) is 13.7 Å². The standard InChI is InChI=1S/C18H17F3N2O3/c1-12(13-4-3-5-14(10-13)18(19,20)21)22-23-17(24)11-26-16-8-6-15(25-2)7-9-16/h3-10H,11H2,1-2H3,(H,23,24). The Kier molecular flexibility index (Phi) is 6.21. The van der Waals surface area contributed by atoms with Crippen molar-refractivity contribution in [3.05, 3.63) is 59.7 Å². The Labute approximate surface area is 148 Å². The Morgan fingerprint density at radius 3 is 2.38 bits per heavy atom. The predicted molar refractivity (Wildman–Crippen MR) is 90.3 cm³/mol. The molecule has 0 fully saturated rings. The van der Waals surface area contributed by atoms with Crippen molar-refractivity contribution < 1.29 is 27.4 Å². The number of nitrogens with zero attached hydrogens (tertiary/aromatic N) is 1. The van der Waals surface area contributed by atoms with Crippen molar-refractivity contribution in [1.29, 1.82) is 0 Å². The normalized spacial score (nSPS) is 11.8. The second-order valence-electron chi connectivity index (χ2n) is 5.27. The van der Waals surface area contributed by atoms with Crippen LogP contribution in [-0.2, 0) is 11.0 Å². The number of benzene rings is 2. The fourth-order valence-corrected chi connectivity index (χ4v) is 1.98. The number of ether oxygens (including phenoxy) is 2. The molecule has 2 rings (SSSR count). The summed E-state index contributed by atoms with van der Waals surface area (Å²) in [5, 5.41) is 3.81. The largest absolute Gasteiger partial charge is 0.497 e. The fourth-order valence-electron chi connectivity index (χ4n) is 1.98. The number of hydrogen-bond donors (Lipinski definition) is 1. The zero-order chi connectivity index (χ0) is 19.2. The quantitative estimate of drug-likeness (QED) is 0.627. The fraction of sp³-hybridized carbons (Fsp3) is 0.222. The third-order valence-corrected chi connectivity index (χ3v) is 3.39. The number of hydrazone groups is 1. The van der Waals surface area contributed by atoms with Crippen LogP contribution in [0.25, 0.3) is 0 Å². The minimum Gasteiger partial charge on any atom is -0.497 e. The molecule has 0 aliphatic carbocycles. The lowest BCUT2D eigenvalue weighted by Gasteiger charge is -2.09. The number of amides is 1. The number of carbonyl (C=O) groups excluding carboxylic acids is 1. The molecule has 0 saturated heterocycles. The van der Waals surface area contributed by atoms with Crippen LogP contribution in [-0.4, -0.2) is 25.3 Å². The van der Waals surface area contributed by atoms with Crippen molar-refractivity contribution in [3.63, 3.8) is 0 Å². The van der Waals surface area contributed by atoms with E-state index < -0.39 is 17.6 Å². The van der Waals surface area contributed by atoms with E-state index in [1.807, 2.05) is 0 Å². The highest BCUT2D eigenvalue weighted by Gasteiger charge is 2.30. The molecule has 5 nitrogen and oxygen atoms in total. The molecule has 0 aliphatic rings. The first-order valence-corrected chi connectivity index (χ1v) is 7.57. The Hall–Kier alpha value is -3.03. The monoisotopic (exact) mass is 366 g/mol. The maximum absolute atomic E-state index is 12.7. The van der Waals surface area contributed by atoms with E-state index in [4.69, 9.17) is 9.47 Å². The van der Waals surface area contributed by atoms with Crippen LogP contribution in [0.15, 0.2) is 53.6 Å². The summed E-state index contributed by atoms with van der Waals surface area (Å²) in [5.74, 6) is 0.592. The Morgan fingerprint density at radius 1 is 1.12 bits per heavy atom. The van der Waals surface area contributed by atoms with Gasteiger partial charge in [-0.1, -0.05) is 12.1 Å². The van der Waals surface area contributed by atoms with E-state index in [1.54, 1.807) is 24.3 Å². The van der Waals surface area contributed by atoms with Crippen LogP contribution >= 0.6 is 0 Å². The first kappa shape index (κ1) is 19.3. The molecule has 0 atom stereocenters. The van der Waals surface area contributed by atoms with Gasteiger partial charge in [0.1, 0.15) is 11.5 Å². The van der Waals surface area contributed by atoms with E-state index in [9.17, 15) is 18.0 Å². The predicted octanol–water partition coefficient (Wildman–Crippen LogP) is 3.63. The molecule has 0 saturated carbocycles. The molecule has 0 bridgehead atoms. The number of rotatable bonds is 6. The average Bonchev–Trinajstić information content (AvgIpc) is 2.64. The summed E-state index contributed by atoms with van der Waals surface area (Å²) in [7, 11) is 1.54. The third kappa shape index (κ3) is 5.51. The Morgan fingerprint density at radius 2 is 1.77 bits per heavy atom. The van der Waals surface area contributed by atoms with Gasteiger partial charge < -0.3 is 9.47 Å². The average molecular weight is 366 g/mol. The van der Waals surface area contributed by atoms with Gasteiger partial charge in [0, 0.05) is 0 Å². The Balaban J connectivity index is 1.92. The summed E-state index contributed by atoms with van der Waals surface area (Å²) in [5.41, 5.74) is 1.98. The van der Waals surface area contributed by atoms with E-state index in [1.165, 1.54) is 26.2 Å². The van der Waals surface area contributed by atoms with E-state index in [-0.39, 0.29) is 17.9 Å². The molecular weight excluding hydrogens is 349 g/mol. The highest BCUT2D eigenvalue weighted by Crippen LogP contribution is 2.29. The zero-order valence-electron chi connectivity index (χ0n) is 14.1. The van der Waals surface area contributed by atoms with Crippen LogP contribution in [0.2, 0.25) is 0 Å². The van der Waals surface area contributed by atoms with Crippen LogP contribution in [0.4, 0.5) is 13.2 Å². The minimum atomic E-state index is -4.44. The summed E-state index contributed by atoms with van der Waals surface area (Å²) >= 11 is 0. The van der Waals surface area contributed by atoms with Crippen molar-refractivity contribution in [1.82, 2.24) is 5.43 Å². The van der Waals surface area contributed by atoms with Crippen LogP contribution in [0.5, 0.6) is 11.5 Å². The van der Waals surface area contributed by atoms with E-state index in [0.29, 0.717) is 11.5 Å². The number of carbonyl (C=O) groups is 1. The summed E-state index contributed by atoms with van der Waals surface area (Å²) in [6.07, 6.45) is -4.44.